The molecule has 0 saturated carbocycles. The molecule has 2 rings (SSSR count). The first kappa shape index (κ1) is 12.9. The number of hydrogen-bond acceptors (Lipinski definition) is 3. The molecule has 1 fully saturated rings. The summed E-state index contributed by atoms with van der Waals surface area (Å²) in [6.07, 6.45) is 2.20. The molecule has 0 unspecified atom stereocenters. The van der Waals surface area contributed by atoms with Crippen LogP contribution in [0.2, 0.25) is 0 Å². The largest absolute Gasteiger partial charge is 0.497 e. The molecular weight excluding hydrogens is 228 g/mol. The zero-order valence-electron chi connectivity index (χ0n) is 11.0. The molecule has 1 N–H and O–H groups in total. The van der Waals surface area contributed by atoms with Crippen LogP contribution in [-0.4, -0.2) is 44.1 Å². The van der Waals surface area contributed by atoms with Crippen LogP contribution in [0.3, 0.4) is 0 Å². The summed E-state index contributed by atoms with van der Waals surface area (Å²) in [4.78, 5) is 14.3. The molecule has 0 spiro atoms. The standard InChI is InChI=1S/C14H20N2O2/c1-16-9-3-4-12(10-16)15-14(17)11-5-7-13(18-2)8-6-11/h5-8,12H,3-4,9-10H2,1-2H3,(H,15,17)/t12-/m1/s1. The molecule has 1 amide bonds. The van der Waals surface area contributed by atoms with Gasteiger partial charge in [-0.1, -0.05) is 0 Å². The minimum atomic E-state index is -0.00190. The van der Waals surface area contributed by atoms with Gasteiger partial charge in [0.05, 0.1) is 7.11 Å². The highest BCUT2D eigenvalue weighted by atomic mass is 16.5. The number of nitrogens with zero attached hydrogens (tertiary/aromatic N) is 1. The number of carbonyl (C=O) groups is 1. The molecule has 0 radical (unpaired) electrons. The second kappa shape index (κ2) is 5.87. The fourth-order valence-electron chi connectivity index (χ4n) is 2.30. The highest BCUT2D eigenvalue weighted by Crippen LogP contribution is 2.13. The maximum Gasteiger partial charge on any atom is 0.251 e. The number of likely N-dealkylation sites (N-methyl/N-ethyl adjacent to an activating group) is 1. The van der Waals surface area contributed by atoms with Crippen LogP contribution < -0.4 is 10.1 Å². The van der Waals surface area contributed by atoms with E-state index >= 15 is 0 Å². The molecule has 98 valence electrons. The third kappa shape index (κ3) is 3.23. The number of nitrogens with one attached hydrogen (secondary N) is 1. The normalized spacial score (nSPS) is 20.4. The minimum Gasteiger partial charge on any atom is -0.497 e. The summed E-state index contributed by atoms with van der Waals surface area (Å²) in [7, 11) is 3.71. The Morgan fingerprint density at radius 3 is 2.72 bits per heavy atom. The topological polar surface area (TPSA) is 41.6 Å². The van der Waals surface area contributed by atoms with Crippen molar-refractivity contribution in [2.24, 2.45) is 0 Å². The van der Waals surface area contributed by atoms with Gasteiger partial charge in [0, 0.05) is 18.2 Å². The molecule has 18 heavy (non-hydrogen) atoms. The molecule has 1 aliphatic rings. The Bertz CT molecular complexity index is 403. The van der Waals surface area contributed by atoms with Crippen molar-refractivity contribution in [3.05, 3.63) is 29.8 Å². The Labute approximate surface area is 108 Å². The summed E-state index contributed by atoms with van der Waals surface area (Å²) in [5.41, 5.74) is 0.684. The monoisotopic (exact) mass is 248 g/mol. The van der Waals surface area contributed by atoms with Crippen molar-refractivity contribution in [3.8, 4) is 5.75 Å². The Kier molecular flexibility index (Phi) is 4.20. The van der Waals surface area contributed by atoms with E-state index in [1.807, 2.05) is 12.1 Å². The molecule has 0 aromatic heterocycles. The first-order valence-corrected chi connectivity index (χ1v) is 6.32. The molecule has 1 saturated heterocycles. The number of methoxy groups -OCH3 is 1. The first-order valence-electron chi connectivity index (χ1n) is 6.32. The molecule has 0 aliphatic carbocycles. The third-order valence-corrected chi connectivity index (χ3v) is 3.31. The van der Waals surface area contributed by atoms with Crippen LogP contribution in [0.5, 0.6) is 5.75 Å². The number of benzene rings is 1. The van der Waals surface area contributed by atoms with Crippen molar-refractivity contribution in [2.45, 2.75) is 18.9 Å². The smallest absolute Gasteiger partial charge is 0.251 e. The van der Waals surface area contributed by atoms with Crippen molar-refractivity contribution in [2.75, 3.05) is 27.2 Å². The van der Waals surface area contributed by atoms with Gasteiger partial charge >= 0.3 is 0 Å². The van der Waals surface area contributed by atoms with Crippen LogP contribution in [0.4, 0.5) is 0 Å². The van der Waals surface area contributed by atoms with Gasteiger partial charge in [-0.05, 0) is 50.7 Å². The van der Waals surface area contributed by atoms with E-state index in [1.54, 1.807) is 19.2 Å². The third-order valence-electron chi connectivity index (χ3n) is 3.31. The number of carbonyl (C=O) groups excluding carboxylic acids is 1. The van der Waals surface area contributed by atoms with Crippen molar-refractivity contribution in [1.29, 1.82) is 0 Å². The second-order valence-corrected chi connectivity index (χ2v) is 4.80. The number of rotatable bonds is 3. The van der Waals surface area contributed by atoms with E-state index in [0.717, 1.165) is 31.7 Å². The lowest BCUT2D eigenvalue weighted by Gasteiger charge is -2.30. The highest BCUT2D eigenvalue weighted by Gasteiger charge is 2.19. The van der Waals surface area contributed by atoms with E-state index in [1.165, 1.54) is 0 Å². The summed E-state index contributed by atoms with van der Waals surface area (Å²) in [6.45, 7) is 2.05. The molecule has 1 heterocycles. The van der Waals surface area contributed by atoms with Gasteiger partial charge in [0.1, 0.15) is 5.75 Å². The molecule has 4 nitrogen and oxygen atoms in total. The van der Waals surface area contributed by atoms with Gasteiger partial charge in [-0.25, -0.2) is 0 Å². The molecular formula is C14H20N2O2. The van der Waals surface area contributed by atoms with E-state index in [2.05, 4.69) is 17.3 Å². The Hall–Kier alpha value is -1.55. The zero-order chi connectivity index (χ0) is 13.0. The summed E-state index contributed by atoms with van der Waals surface area (Å²) in [5.74, 6) is 0.766. The molecule has 4 heteroatoms. The SMILES string of the molecule is COc1ccc(C(=O)N[C@@H]2CCCN(C)C2)cc1. The summed E-state index contributed by atoms with van der Waals surface area (Å²) >= 11 is 0. The maximum atomic E-state index is 12.0. The molecule has 1 aliphatic heterocycles. The van der Waals surface area contributed by atoms with Crippen LogP contribution in [0.15, 0.2) is 24.3 Å². The van der Waals surface area contributed by atoms with E-state index in [-0.39, 0.29) is 11.9 Å². The Morgan fingerprint density at radius 2 is 2.11 bits per heavy atom. The van der Waals surface area contributed by atoms with Gasteiger partial charge in [-0.2, -0.15) is 0 Å². The van der Waals surface area contributed by atoms with Gasteiger partial charge in [0.25, 0.3) is 5.91 Å². The summed E-state index contributed by atoms with van der Waals surface area (Å²) in [5, 5.41) is 3.08. The lowest BCUT2D eigenvalue weighted by atomic mass is 10.1. The Balaban J connectivity index is 1.94. The first-order chi connectivity index (χ1) is 8.69. The highest BCUT2D eigenvalue weighted by molar-refractivity contribution is 5.94. The van der Waals surface area contributed by atoms with E-state index in [9.17, 15) is 4.79 Å². The van der Waals surface area contributed by atoms with Crippen LogP contribution in [-0.2, 0) is 0 Å². The molecule has 0 bridgehead atoms. The van der Waals surface area contributed by atoms with Crippen molar-refractivity contribution in [1.82, 2.24) is 10.2 Å². The van der Waals surface area contributed by atoms with Gasteiger partial charge in [0.15, 0.2) is 0 Å². The predicted octanol–water partition coefficient (Wildman–Crippen LogP) is 1.52. The summed E-state index contributed by atoms with van der Waals surface area (Å²) < 4.78 is 5.07. The minimum absolute atomic E-state index is 0.00190. The lowest BCUT2D eigenvalue weighted by molar-refractivity contribution is 0.0912. The number of likely N-dealkylation sites (tertiary alicyclic amines) is 1. The van der Waals surface area contributed by atoms with E-state index in [4.69, 9.17) is 4.74 Å². The van der Waals surface area contributed by atoms with Gasteiger partial charge in [0.2, 0.25) is 0 Å². The van der Waals surface area contributed by atoms with Crippen LogP contribution in [0.1, 0.15) is 23.2 Å². The number of hydrogen-bond donors (Lipinski definition) is 1. The maximum absolute atomic E-state index is 12.0. The average molecular weight is 248 g/mol. The number of ether oxygens (including phenoxy) is 1. The number of piperidine rings is 1. The molecule has 1 aromatic carbocycles. The van der Waals surface area contributed by atoms with Gasteiger partial charge in [-0.15, -0.1) is 0 Å². The van der Waals surface area contributed by atoms with E-state index < -0.39 is 0 Å². The Morgan fingerprint density at radius 1 is 1.39 bits per heavy atom. The van der Waals surface area contributed by atoms with E-state index in [0.29, 0.717) is 5.56 Å². The predicted molar refractivity (Wildman–Crippen MR) is 71.0 cm³/mol. The van der Waals surface area contributed by atoms with Crippen LogP contribution in [0, 0.1) is 0 Å². The van der Waals surface area contributed by atoms with Gasteiger partial charge in [-0.3, -0.25) is 4.79 Å². The number of amides is 1. The molecule has 1 aromatic rings. The fourth-order valence-corrected chi connectivity index (χ4v) is 2.30. The van der Waals surface area contributed by atoms with Crippen molar-refractivity contribution >= 4 is 5.91 Å². The molecule has 1 atom stereocenters. The zero-order valence-corrected chi connectivity index (χ0v) is 11.0. The summed E-state index contributed by atoms with van der Waals surface area (Å²) in [6, 6.07) is 7.46. The van der Waals surface area contributed by atoms with Crippen LogP contribution in [0.25, 0.3) is 0 Å². The van der Waals surface area contributed by atoms with Crippen LogP contribution >= 0.6 is 0 Å². The second-order valence-electron chi connectivity index (χ2n) is 4.80. The van der Waals surface area contributed by atoms with Crippen molar-refractivity contribution in [3.63, 3.8) is 0 Å². The average Bonchev–Trinajstić information content (AvgIpc) is 2.39. The van der Waals surface area contributed by atoms with Crippen molar-refractivity contribution < 1.29 is 9.53 Å². The fraction of sp³-hybridized carbons (Fsp3) is 0.500. The lowest BCUT2D eigenvalue weighted by Crippen LogP contribution is -2.46. The van der Waals surface area contributed by atoms with Gasteiger partial charge < -0.3 is 15.0 Å². The quantitative estimate of drug-likeness (QED) is 0.881.